The Kier molecular flexibility index (Phi) is 7.45. The molecule has 1 aromatic carbocycles. The second-order valence-electron chi connectivity index (χ2n) is 8.63. The summed E-state index contributed by atoms with van der Waals surface area (Å²) in [6.07, 6.45) is 5.10. The molecule has 1 amide bonds. The molecule has 30 heavy (non-hydrogen) atoms. The smallest absolute Gasteiger partial charge is 0.230 e. The zero-order chi connectivity index (χ0) is 21.6. The van der Waals surface area contributed by atoms with Crippen LogP contribution in [0, 0.1) is 5.41 Å². The van der Waals surface area contributed by atoms with E-state index in [1.54, 1.807) is 12.0 Å². The highest BCUT2D eigenvalue weighted by Gasteiger charge is 2.42. The Morgan fingerprint density at radius 1 is 1.30 bits per heavy atom. The first kappa shape index (κ1) is 22.2. The molecule has 0 radical (unpaired) electrons. The molecule has 1 aliphatic carbocycles. The Balaban J connectivity index is 1.66. The van der Waals surface area contributed by atoms with Crippen molar-refractivity contribution < 1.29 is 9.53 Å². The van der Waals surface area contributed by atoms with Gasteiger partial charge in [0, 0.05) is 39.8 Å². The number of amides is 1. The lowest BCUT2D eigenvalue weighted by Gasteiger charge is -2.29. The van der Waals surface area contributed by atoms with E-state index in [1.807, 2.05) is 32.3 Å². The third-order valence-corrected chi connectivity index (χ3v) is 6.26. The molecule has 1 saturated heterocycles. The van der Waals surface area contributed by atoms with E-state index in [0.717, 1.165) is 69.1 Å². The highest BCUT2D eigenvalue weighted by atomic mass is 16.5. The molecule has 1 atom stereocenters. The fraction of sp³-hybridized carbons (Fsp3) is 0.652. The molecule has 1 heterocycles. The zero-order valence-electron chi connectivity index (χ0n) is 18.9. The van der Waals surface area contributed by atoms with Crippen molar-refractivity contribution in [3.63, 3.8) is 0 Å². The molecule has 2 fully saturated rings. The second-order valence-corrected chi connectivity index (χ2v) is 8.63. The monoisotopic (exact) mass is 415 g/mol. The minimum atomic E-state index is -0.342. The second kappa shape index (κ2) is 10.0. The molecule has 1 saturated carbocycles. The van der Waals surface area contributed by atoms with Gasteiger partial charge in [-0.15, -0.1) is 0 Å². The van der Waals surface area contributed by atoms with Crippen LogP contribution in [0.2, 0.25) is 0 Å². The summed E-state index contributed by atoms with van der Waals surface area (Å²) in [5.74, 6) is 1.93. The van der Waals surface area contributed by atoms with Gasteiger partial charge < -0.3 is 25.2 Å². The van der Waals surface area contributed by atoms with Crippen molar-refractivity contribution in [1.29, 1.82) is 0 Å². The zero-order valence-corrected chi connectivity index (χ0v) is 18.9. The lowest BCUT2D eigenvalue weighted by molar-refractivity contribution is -0.138. The summed E-state index contributed by atoms with van der Waals surface area (Å²) in [5, 5.41) is 6.96. The standard InChI is InChI=1S/C23H37N5O2/c1-5-24-22(25-17-23(13-8-9-14-23)21(29)27(2)3)26-18-12-15-28(16-18)19-10-6-7-11-20(19)30-4/h6-7,10-11,18H,5,8-9,12-17H2,1-4H3,(H2,24,25,26). The average Bonchev–Trinajstić information content (AvgIpc) is 3.42. The molecular weight excluding hydrogens is 378 g/mol. The minimum Gasteiger partial charge on any atom is -0.495 e. The largest absolute Gasteiger partial charge is 0.495 e. The first-order valence-electron chi connectivity index (χ1n) is 11.1. The van der Waals surface area contributed by atoms with Gasteiger partial charge in [-0.2, -0.15) is 0 Å². The van der Waals surface area contributed by atoms with Crippen molar-refractivity contribution in [2.45, 2.75) is 45.1 Å². The van der Waals surface area contributed by atoms with Gasteiger partial charge in [-0.05, 0) is 38.3 Å². The third-order valence-electron chi connectivity index (χ3n) is 6.26. The summed E-state index contributed by atoms with van der Waals surface area (Å²) in [7, 11) is 5.41. The van der Waals surface area contributed by atoms with Crippen molar-refractivity contribution in [1.82, 2.24) is 15.5 Å². The van der Waals surface area contributed by atoms with E-state index in [2.05, 4.69) is 28.5 Å². The van der Waals surface area contributed by atoms with Gasteiger partial charge in [0.15, 0.2) is 5.96 Å². The summed E-state index contributed by atoms with van der Waals surface area (Å²) in [4.78, 5) is 21.8. The van der Waals surface area contributed by atoms with Gasteiger partial charge >= 0.3 is 0 Å². The van der Waals surface area contributed by atoms with Gasteiger partial charge in [0.2, 0.25) is 5.91 Å². The van der Waals surface area contributed by atoms with E-state index in [0.29, 0.717) is 12.6 Å². The number of nitrogens with zero attached hydrogens (tertiary/aromatic N) is 3. The van der Waals surface area contributed by atoms with Crippen LogP contribution in [0.5, 0.6) is 5.75 Å². The number of guanidine groups is 1. The fourth-order valence-electron chi connectivity index (χ4n) is 4.70. The van der Waals surface area contributed by atoms with Crippen molar-refractivity contribution in [2.24, 2.45) is 10.4 Å². The van der Waals surface area contributed by atoms with E-state index in [4.69, 9.17) is 9.73 Å². The normalized spacial score (nSPS) is 20.9. The van der Waals surface area contributed by atoms with Crippen LogP contribution in [0.4, 0.5) is 5.69 Å². The molecule has 0 bridgehead atoms. The molecule has 1 unspecified atom stereocenters. The maximum Gasteiger partial charge on any atom is 0.230 e. The van der Waals surface area contributed by atoms with Crippen LogP contribution in [0.1, 0.15) is 39.0 Å². The quantitative estimate of drug-likeness (QED) is 0.529. The van der Waals surface area contributed by atoms with E-state index < -0.39 is 0 Å². The molecule has 0 aromatic heterocycles. The van der Waals surface area contributed by atoms with E-state index >= 15 is 0 Å². The maximum absolute atomic E-state index is 12.8. The summed E-state index contributed by atoms with van der Waals surface area (Å²) in [6.45, 7) is 5.28. The van der Waals surface area contributed by atoms with Crippen molar-refractivity contribution in [3.8, 4) is 5.75 Å². The topological polar surface area (TPSA) is 69.2 Å². The first-order chi connectivity index (χ1) is 14.5. The molecule has 3 rings (SSSR count). The van der Waals surface area contributed by atoms with Crippen LogP contribution < -0.4 is 20.3 Å². The average molecular weight is 416 g/mol. The molecule has 0 spiro atoms. The van der Waals surface area contributed by atoms with Crippen molar-refractivity contribution in [3.05, 3.63) is 24.3 Å². The number of para-hydroxylation sites is 2. The summed E-state index contributed by atoms with van der Waals surface area (Å²) >= 11 is 0. The maximum atomic E-state index is 12.8. The van der Waals surface area contributed by atoms with Crippen LogP contribution in [0.3, 0.4) is 0 Å². The molecule has 2 N–H and O–H groups in total. The molecule has 1 aliphatic heterocycles. The number of hydrogen-bond acceptors (Lipinski definition) is 4. The van der Waals surface area contributed by atoms with Crippen LogP contribution in [0.25, 0.3) is 0 Å². The summed E-state index contributed by atoms with van der Waals surface area (Å²) < 4.78 is 5.53. The number of benzene rings is 1. The molecule has 166 valence electrons. The number of carbonyl (C=O) groups is 1. The third kappa shape index (κ3) is 4.99. The Morgan fingerprint density at radius 3 is 2.70 bits per heavy atom. The fourth-order valence-corrected chi connectivity index (χ4v) is 4.70. The highest BCUT2D eigenvalue weighted by molar-refractivity contribution is 5.84. The molecule has 7 nitrogen and oxygen atoms in total. The predicted molar refractivity (Wildman–Crippen MR) is 122 cm³/mol. The number of carbonyl (C=O) groups excluding carboxylic acids is 1. The van der Waals surface area contributed by atoms with Gasteiger partial charge in [0.05, 0.1) is 24.8 Å². The highest BCUT2D eigenvalue weighted by Crippen LogP contribution is 2.39. The first-order valence-corrected chi connectivity index (χ1v) is 11.1. The van der Waals surface area contributed by atoms with Crippen molar-refractivity contribution >= 4 is 17.6 Å². The molecular formula is C23H37N5O2. The number of hydrogen-bond donors (Lipinski definition) is 2. The van der Waals surface area contributed by atoms with Gasteiger partial charge in [-0.3, -0.25) is 9.79 Å². The van der Waals surface area contributed by atoms with Gasteiger partial charge in [-0.1, -0.05) is 25.0 Å². The van der Waals surface area contributed by atoms with Crippen LogP contribution >= 0.6 is 0 Å². The van der Waals surface area contributed by atoms with Gasteiger partial charge in [-0.25, -0.2) is 0 Å². The van der Waals surface area contributed by atoms with Gasteiger partial charge in [0.25, 0.3) is 0 Å². The van der Waals surface area contributed by atoms with Crippen molar-refractivity contribution in [2.75, 3.05) is 52.3 Å². The molecule has 2 aliphatic rings. The predicted octanol–water partition coefficient (Wildman–Crippen LogP) is 2.48. The van der Waals surface area contributed by atoms with Crippen LogP contribution in [0.15, 0.2) is 29.3 Å². The Labute approximate surface area is 180 Å². The summed E-state index contributed by atoms with van der Waals surface area (Å²) in [5.41, 5.74) is 0.790. The number of methoxy groups -OCH3 is 1. The number of rotatable bonds is 7. The lowest BCUT2D eigenvalue weighted by Crippen LogP contribution is -2.46. The number of ether oxygens (including phenoxy) is 1. The van der Waals surface area contributed by atoms with E-state index in [-0.39, 0.29) is 11.3 Å². The van der Waals surface area contributed by atoms with E-state index in [1.165, 1.54) is 0 Å². The van der Waals surface area contributed by atoms with Gasteiger partial charge in [0.1, 0.15) is 5.75 Å². The van der Waals surface area contributed by atoms with E-state index in [9.17, 15) is 4.79 Å². The van der Waals surface area contributed by atoms with Crippen LogP contribution in [-0.4, -0.2) is 70.2 Å². The lowest BCUT2D eigenvalue weighted by atomic mass is 9.85. The summed E-state index contributed by atoms with van der Waals surface area (Å²) in [6, 6.07) is 8.46. The number of aliphatic imine (C=N–C) groups is 1. The number of anilines is 1. The Morgan fingerprint density at radius 2 is 2.03 bits per heavy atom. The molecule has 7 heteroatoms. The SMILES string of the molecule is CCNC(=NCC1(C(=O)N(C)C)CCCC1)NC1CCN(c2ccccc2OC)C1. The van der Waals surface area contributed by atoms with Crippen LogP contribution in [-0.2, 0) is 4.79 Å². The molecule has 1 aromatic rings. The number of nitrogens with one attached hydrogen (secondary N) is 2. The Hall–Kier alpha value is -2.44. The Bertz CT molecular complexity index is 743. The minimum absolute atomic E-state index is 0.211.